The predicted octanol–water partition coefficient (Wildman–Crippen LogP) is 5.84. The van der Waals surface area contributed by atoms with E-state index in [0.717, 1.165) is 29.5 Å². The number of phenolic OH excluding ortho intramolecular Hbond substituents is 1. The van der Waals surface area contributed by atoms with E-state index < -0.39 is 51.4 Å². The highest BCUT2D eigenvalue weighted by Gasteiger charge is 2.73. The maximum absolute atomic E-state index is 14.5. The van der Waals surface area contributed by atoms with E-state index in [0.29, 0.717) is 17.6 Å². The molecule has 2 aromatic carbocycles. The number of ketones is 4. The molecule has 0 heterocycles. The van der Waals surface area contributed by atoms with Crippen LogP contribution in [0.1, 0.15) is 82.8 Å². The van der Waals surface area contributed by atoms with Crippen molar-refractivity contribution in [2.45, 2.75) is 79.8 Å². The fraction of sp³-hybridized carbons (Fsp3) is 0.486. The Morgan fingerprint density at radius 1 is 1.07 bits per heavy atom. The van der Waals surface area contributed by atoms with Gasteiger partial charge in [0.1, 0.15) is 17.5 Å². The lowest BCUT2D eigenvalue weighted by molar-refractivity contribution is -0.183. The number of aliphatic hydroxyl groups is 1. The van der Waals surface area contributed by atoms with Crippen LogP contribution in [0.3, 0.4) is 0 Å². The topological polar surface area (TPSA) is 109 Å². The monoisotopic (exact) mass is 556 g/mol. The van der Waals surface area contributed by atoms with Crippen LogP contribution >= 0.6 is 0 Å². The molecule has 0 amide bonds. The van der Waals surface area contributed by atoms with Crippen molar-refractivity contribution in [2.75, 3.05) is 0 Å². The summed E-state index contributed by atoms with van der Waals surface area (Å²) in [4.78, 5) is 55.4. The van der Waals surface area contributed by atoms with Crippen molar-refractivity contribution in [3.63, 3.8) is 0 Å². The number of fused-ring (bicyclic) bond motifs is 3. The molecule has 6 heteroatoms. The molecule has 0 aliphatic heterocycles. The normalized spacial score (nSPS) is 31.2. The molecule has 3 aliphatic carbocycles. The fourth-order valence-corrected chi connectivity index (χ4v) is 8.79. The molecular weight excluding hydrogens is 516 g/mol. The number of hydrogen-bond acceptors (Lipinski definition) is 6. The van der Waals surface area contributed by atoms with Gasteiger partial charge in [0.15, 0.2) is 23.0 Å². The van der Waals surface area contributed by atoms with Crippen LogP contribution in [0.5, 0.6) is 5.75 Å². The van der Waals surface area contributed by atoms with E-state index in [4.69, 9.17) is 0 Å². The Morgan fingerprint density at radius 2 is 1.76 bits per heavy atom. The molecule has 2 unspecified atom stereocenters. The average Bonchev–Trinajstić information content (AvgIpc) is 2.86. The highest BCUT2D eigenvalue weighted by atomic mass is 16.3. The summed E-state index contributed by atoms with van der Waals surface area (Å²) >= 11 is 0. The minimum Gasteiger partial charge on any atom is -0.507 e. The minimum atomic E-state index is -2.53. The molecule has 2 aromatic rings. The van der Waals surface area contributed by atoms with E-state index in [-0.39, 0.29) is 23.7 Å². The average molecular weight is 557 g/mol. The lowest BCUT2D eigenvalue weighted by Crippen LogP contribution is -2.73. The maximum atomic E-state index is 14.5. The molecule has 3 aliphatic rings. The van der Waals surface area contributed by atoms with Gasteiger partial charge in [-0.15, -0.1) is 0 Å². The van der Waals surface area contributed by atoms with E-state index in [2.05, 4.69) is 19.1 Å². The number of aryl methyl sites for hydroxylation is 1. The Labute approximate surface area is 241 Å². The predicted molar refractivity (Wildman–Crippen MR) is 157 cm³/mol. The first-order valence-corrected chi connectivity index (χ1v) is 14.6. The van der Waals surface area contributed by atoms with Crippen LogP contribution < -0.4 is 0 Å². The van der Waals surface area contributed by atoms with Gasteiger partial charge in [0.05, 0.1) is 11.5 Å². The van der Waals surface area contributed by atoms with Crippen LogP contribution in [0.25, 0.3) is 11.1 Å². The summed E-state index contributed by atoms with van der Waals surface area (Å²) in [5.41, 5.74) is 0.253. The fourth-order valence-electron chi connectivity index (χ4n) is 8.79. The van der Waals surface area contributed by atoms with Crippen LogP contribution in [0.2, 0.25) is 0 Å². The van der Waals surface area contributed by atoms with Crippen LogP contribution in [0.4, 0.5) is 0 Å². The van der Waals surface area contributed by atoms with Crippen molar-refractivity contribution in [1.82, 2.24) is 0 Å². The maximum Gasteiger partial charge on any atom is 0.192 e. The van der Waals surface area contributed by atoms with Crippen molar-refractivity contribution < 1.29 is 29.4 Å². The van der Waals surface area contributed by atoms with Gasteiger partial charge in [0.2, 0.25) is 0 Å². The van der Waals surface area contributed by atoms with Gasteiger partial charge in [-0.3, -0.25) is 19.2 Å². The zero-order valence-corrected chi connectivity index (χ0v) is 25.1. The minimum absolute atomic E-state index is 0.0774. The Morgan fingerprint density at radius 3 is 2.37 bits per heavy atom. The third-order valence-corrected chi connectivity index (χ3v) is 10.1. The second-order valence-corrected chi connectivity index (χ2v) is 13.3. The van der Waals surface area contributed by atoms with E-state index >= 15 is 0 Å². The Balaban J connectivity index is 1.74. The summed E-state index contributed by atoms with van der Waals surface area (Å²) in [5.74, 6) is -5.65. The summed E-state index contributed by atoms with van der Waals surface area (Å²) in [6.45, 7) is 12.7. The van der Waals surface area contributed by atoms with E-state index in [1.54, 1.807) is 13.8 Å². The largest absolute Gasteiger partial charge is 0.507 e. The van der Waals surface area contributed by atoms with E-state index in [9.17, 15) is 29.4 Å². The zero-order chi connectivity index (χ0) is 30.2. The van der Waals surface area contributed by atoms with Gasteiger partial charge in [-0.25, -0.2) is 0 Å². The van der Waals surface area contributed by atoms with Crippen molar-refractivity contribution in [1.29, 1.82) is 0 Å². The Bertz CT molecular complexity index is 1550. The number of carbonyl (C=O) groups excluding carboxylic acids is 4. The number of aromatic hydroxyl groups is 1. The summed E-state index contributed by atoms with van der Waals surface area (Å²) in [6.07, 6.45) is 2.42. The van der Waals surface area contributed by atoms with Gasteiger partial charge in [0.25, 0.3) is 0 Å². The van der Waals surface area contributed by atoms with Gasteiger partial charge >= 0.3 is 0 Å². The number of rotatable bonds is 5. The lowest BCUT2D eigenvalue weighted by atomic mass is 9.41. The molecule has 0 aromatic heterocycles. The third kappa shape index (κ3) is 3.86. The number of hydrogen-bond donors (Lipinski definition) is 2. The standard InChI is InChI=1S/C35H40O6/c1-8-10-21-11-9-12-22(15-21)23-13-14-25(37)27-24(23)16-33(6)17-34(7)28(18(2)3)19(4)26(20(5)36)31(39)35(34,41)32(40)29(33)30(27)38/h9,11-15,18,26,29,37,41H,8,10,16-17H2,1-7H3/t26?,29?,33-,34-,35+/m0/s1. The molecule has 5 rings (SSSR count). The van der Waals surface area contributed by atoms with Gasteiger partial charge in [-0.1, -0.05) is 82.5 Å². The quantitative estimate of drug-likeness (QED) is 0.354. The number of carbonyl (C=O) groups is 4. The van der Waals surface area contributed by atoms with Crippen molar-refractivity contribution in [3.05, 3.63) is 64.2 Å². The van der Waals surface area contributed by atoms with Crippen molar-refractivity contribution in [3.8, 4) is 16.9 Å². The molecular formula is C35H40O6. The summed E-state index contributed by atoms with van der Waals surface area (Å²) in [7, 11) is 0. The molecule has 0 bridgehead atoms. The molecule has 2 N–H and O–H groups in total. The van der Waals surface area contributed by atoms with Gasteiger partial charge in [0, 0.05) is 5.41 Å². The number of phenols is 1. The van der Waals surface area contributed by atoms with E-state index in [1.807, 2.05) is 39.0 Å². The van der Waals surface area contributed by atoms with Crippen molar-refractivity contribution in [2.24, 2.45) is 28.6 Å². The Kier molecular flexibility index (Phi) is 6.81. The summed E-state index contributed by atoms with van der Waals surface area (Å²) in [6, 6.07) is 11.5. The first-order valence-electron chi connectivity index (χ1n) is 14.6. The zero-order valence-electron chi connectivity index (χ0n) is 25.1. The van der Waals surface area contributed by atoms with E-state index in [1.165, 1.54) is 18.6 Å². The van der Waals surface area contributed by atoms with Crippen LogP contribution in [0.15, 0.2) is 47.5 Å². The first kappa shape index (κ1) is 29.1. The smallest absolute Gasteiger partial charge is 0.192 e. The van der Waals surface area contributed by atoms with Gasteiger partial charge in [-0.2, -0.15) is 0 Å². The third-order valence-electron chi connectivity index (χ3n) is 10.1. The molecule has 1 saturated carbocycles. The van der Waals surface area contributed by atoms with Gasteiger partial charge in [-0.05, 0) is 72.8 Å². The van der Waals surface area contributed by atoms with Crippen LogP contribution in [-0.2, 0) is 27.2 Å². The molecule has 6 nitrogen and oxygen atoms in total. The molecule has 0 saturated heterocycles. The second-order valence-electron chi connectivity index (χ2n) is 13.3. The summed E-state index contributed by atoms with van der Waals surface area (Å²) in [5, 5.41) is 23.2. The Hall–Kier alpha value is -3.38. The molecule has 1 fully saturated rings. The molecule has 5 atom stereocenters. The second kappa shape index (κ2) is 9.59. The van der Waals surface area contributed by atoms with Gasteiger partial charge < -0.3 is 10.2 Å². The number of allylic oxidation sites excluding steroid dienone is 1. The lowest BCUT2D eigenvalue weighted by Gasteiger charge is -2.60. The number of benzene rings is 2. The molecule has 0 spiro atoms. The van der Waals surface area contributed by atoms with Crippen molar-refractivity contribution >= 4 is 23.1 Å². The molecule has 41 heavy (non-hydrogen) atoms. The molecule has 216 valence electrons. The highest BCUT2D eigenvalue weighted by molar-refractivity contribution is 6.27. The molecule has 0 radical (unpaired) electrons. The first-order chi connectivity index (χ1) is 19.1. The SMILES string of the molecule is CCCc1cccc(-c2ccc(O)c3c2C[C@@]2(C)C[C@@]4(C)C(C(C)C)=C(C)C(C(C)=O)C(=O)[C@@]4(O)C(=O)C2C3=O)c1. The highest BCUT2D eigenvalue weighted by Crippen LogP contribution is 2.64. The number of Topliss-reactive ketones (excluding diaryl/α,β-unsaturated/α-hetero) is 4. The summed E-state index contributed by atoms with van der Waals surface area (Å²) < 4.78 is 0. The van der Waals surface area contributed by atoms with Crippen LogP contribution in [-0.4, -0.2) is 38.9 Å². The van der Waals surface area contributed by atoms with Crippen LogP contribution in [0, 0.1) is 28.6 Å².